The number of aliphatic carboxylic acids is 2. The number of rotatable bonds is 17. The van der Waals surface area contributed by atoms with E-state index in [-0.39, 0.29) is 0 Å². The molecule has 4 unspecified atom stereocenters. The fraction of sp³-hybridized carbons (Fsp3) is 0.815. The van der Waals surface area contributed by atoms with Gasteiger partial charge in [0.05, 0.1) is 19.5 Å². The Morgan fingerprint density at radius 1 is 0.721 bits per heavy atom. The molecule has 4 heterocycles. The molecule has 1 amide bonds. The largest absolute Gasteiger partial charge is 0.479 e. The highest BCUT2D eigenvalue weighted by molar-refractivity contribution is 7.88. The van der Waals surface area contributed by atoms with Gasteiger partial charge in [0.25, 0.3) is 0 Å². The van der Waals surface area contributed by atoms with Crippen molar-refractivity contribution < 1.29 is 136 Å². The molecule has 61 heavy (non-hydrogen) atoms. The molecule has 0 bridgehead atoms. The maximum atomic E-state index is 12.6. The van der Waals surface area contributed by atoms with Crippen LogP contribution in [0.1, 0.15) is 6.92 Å². The molecule has 3 saturated heterocycles. The highest BCUT2D eigenvalue weighted by Gasteiger charge is 2.57. The number of aliphatic hydroxyl groups excluding tert-OH is 7. The van der Waals surface area contributed by atoms with Crippen LogP contribution in [0.2, 0.25) is 0 Å². The molecule has 34 heteroatoms. The van der Waals surface area contributed by atoms with Crippen LogP contribution in [0.15, 0.2) is 11.8 Å². The number of carbonyl (C=O) groups is 3. The normalized spacial score (nSPS) is 40.0. The van der Waals surface area contributed by atoms with Gasteiger partial charge < -0.3 is 84.4 Å². The monoisotopic (exact) mass is 954 g/mol. The molecule has 3 fully saturated rings. The van der Waals surface area contributed by atoms with Crippen LogP contribution in [0.3, 0.4) is 0 Å². The summed E-state index contributed by atoms with van der Waals surface area (Å²) < 4.78 is 138. The van der Waals surface area contributed by atoms with E-state index in [9.17, 15) is 94.7 Å². The Morgan fingerprint density at radius 2 is 1.33 bits per heavy atom. The van der Waals surface area contributed by atoms with Gasteiger partial charge in [-0.2, -0.15) is 16.8 Å². The first-order valence-corrected chi connectivity index (χ1v) is 21.6. The van der Waals surface area contributed by atoms with Gasteiger partial charge in [0, 0.05) is 6.92 Å². The van der Waals surface area contributed by atoms with Gasteiger partial charge in [-0.1, -0.05) is 0 Å². The van der Waals surface area contributed by atoms with Gasteiger partial charge in [0.15, 0.2) is 25.0 Å². The van der Waals surface area contributed by atoms with Crippen LogP contribution in [-0.4, -0.2) is 228 Å². The zero-order valence-electron chi connectivity index (χ0n) is 30.9. The number of nitrogens with one attached hydrogen (secondary N) is 2. The van der Waals surface area contributed by atoms with Crippen LogP contribution in [-0.2, 0) is 86.7 Å². The first-order chi connectivity index (χ1) is 28.0. The van der Waals surface area contributed by atoms with Crippen molar-refractivity contribution in [2.75, 3.05) is 19.5 Å². The minimum absolute atomic E-state index is 0.540. The lowest BCUT2D eigenvalue weighted by atomic mass is 9.94. The zero-order chi connectivity index (χ0) is 46.1. The average molecular weight is 955 g/mol. The lowest BCUT2D eigenvalue weighted by molar-refractivity contribution is -0.364. The third-order valence-corrected chi connectivity index (χ3v) is 10.5. The van der Waals surface area contributed by atoms with E-state index in [0.717, 1.165) is 6.92 Å². The van der Waals surface area contributed by atoms with Crippen molar-refractivity contribution in [1.82, 2.24) is 10.0 Å². The van der Waals surface area contributed by atoms with E-state index < -0.39 is 178 Å². The maximum Gasteiger partial charge on any atom is 0.397 e. The van der Waals surface area contributed by atoms with Crippen LogP contribution >= 0.6 is 0 Å². The Bertz CT molecular complexity index is 1950. The van der Waals surface area contributed by atoms with E-state index >= 15 is 0 Å². The molecule has 0 radical (unpaired) electrons. The Kier molecular flexibility index (Phi) is 16.5. The smallest absolute Gasteiger partial charge is 0.397 e. The molecule has 0 aromatic rings. The molecular weight excluding hydrogens is 912 g/mol. The minimum Gasteiger partial charge on any atom is -0.479 e. The van der Waals surface area contributed by atoms with E-state index in [1.165, 1.54) is 0 Å². The summed E-state index contributed by atoms with van der Waals surface area (Å²) in [4.78, 5) is 36.4. The predicted octanol–water partition coefficient (Wildman–Crippen LogP) is -9.05. The Labute approximate surface area is 343 Å². The lowest BCUT2D eigenvalue weighted by Crippen LogP contribution is -2.70. The quantitative estimate of drug-likeness (QED) is 0.0602. The minimum atomic E-state index is -5.59. The van der Waals surface area contributed by atoms with Crippen LogP contribution in [0, 0.1) is 0 Å². The van der Waals surface area contributed by atoms with Gasteiger partial charge in [0.1, 0.15) is 79.2 Å². The second-order valence-corrected chi connectivity index (χ2v) is 17.4. The summed E-state index contributed by atoms with van der Waals surface area (Å²) in [5.74, 6) is -5.80. The van der Waals surface area contributed by atoms with Crippen molar-refractivity contribution in [1.29, 1.82) is 0 Å². The zero-order valence-corrected chi connectivity index (χ0v) is 33.3. The molecule has 4 aliphatic heterocycles. The van der Waals surface area contributed by atoms with Gasteiger partial charge in [-0.15, -0.1) is 0 Å². The molecule has 18 atom stereocenters. The van der Waals surface area contributed by atoms with Crippen LogP contribution < -0.4 is 10.0 Å². The van der Waals surface area contributed by atoms with Gasteiger partial charge in [-0.25, -0.2) is 31.1 Å². The molecule has 0 saturated carbocycles. The first kappa shape index (κ1) is 50.7. The Hall–Kier alpha value is -2.92. The van der Waals surface area contributed by atoms with Crippen molar-refractivity contribution in [3.8, 4) is 0 Å². The number of carbonyl (C=O) groups excluding carboxylic acids is 1. The van der Waals surface area contributed by atoms with Gasteiger partial charge in [-0.3, -0.25) is 13.9 Å². The van der Waals surface area contributed by atoms with Gasteiger partial charge >= 0.3 is 32.7 Å². The Morgan fingerprint density at radius 3 is 1.85 bits per heavy atom. The molecule has 4 rings (SSSR count). The number of carboxylic acid groups (broad SMARTS) is 2. The molecule has 0 aliphatic carbocycles. The van der Waals surface area contributed by atoms with Crippen LogP contribution in [0.4, 0.5) is 0 Å². The number of sulfonamides is 1. The molecule has 13 N–H and O–H groups in total. The predicted molar refractivity (Wildman–Crippen MR) is 181 cm³/mol. The summed E-state index contributed by atoms with van der Waals surface area (Å²) in [6.07, 6.45) is -35.3. The molecule has 4 aliphatic rings. The maximum absolute atomic E-state index is 12.6. The fourth-order valence-electron chi connectivity index (χ4n) is 6.38. The van der Waals surface area contributed by atoms with E-state index in [0.29, 0.717) is 12.3 Å². The summed E-state index contributed by atoms with van der Waals surface area (Å²) in [5.41, 5.74) is 0. The average Bonchev–Trinajstić information content (AvgIpc) is 3.12. The Balaban J connectivity index is 1.67. The van der Waals surface area contributed by atoms with Gasteiger partial charge in [0.2, 0.25) is 28.0 Å². The molecule has 0 aromatic carbocycles. The number of amides is 1. The number of hydrogen-bond donors (Lipinski definition) is 13. The van der Waals surface area contributed by atoms with Crippen molar-refractivity contribution in [2.24, 2.45) is 0 Å². The van der Waals surface area contributed by atoms with Crippen molar-refractivity contribution in [3.05, 3.63) is 11.8 Å². The number of ether oxygens (including phenoxy) is 7. The highest BCUT2D eigenvalue weighted by Crippen LogP contribution is 2.35. The topological polar surface area (TPSA) is 483 Å². The van der Waals surface area contributed by atoms with Crippen LogP contribution in [0.5, 0.6) is 0 Å². The highest BCUT2D eigenvalue weighted by atomic mass is 32.3. The van der Waals surface area contributed by atoms with Crippen LogP contribution in [0.25, 0.3) is 0 Å². The summed E-state index contributed by atoms with van der Waals surface area (Å²) in [6.45, 7) is -1.69. The summed E-state index contributed by atoms with van der Waals surface area (Å²) in [7, 11) is -15.3. The molecular formula is C27H42N2O29S3. The second-order valence-electron chi connectivity index (χ2n) is 13.5. The SMILES string of the molecule is CC(=O)N[C@H]1[C@@H](OC2[C@@H](C(=O)O)O[C@@H](OC3[C@@H](CO)OC(O)[C@H](NS(C)(=O)=O)[C@H]3OS(=O)(=O)O)[C@H](O)[C@H]2O)O[C@H](COS(=O)(=O)O)C(O[C@@H]2OC(C(=O)O)=C[C@H](O)[C@H]2O)[C@@H]1O. The van der Waals surface area contributed by atoms with E-state index in [4.69, 9.17) is 33.2 Å². The van der Waals surface area contributed by atoms with Gasteiger partial charge in [-0.05, 0) is 6.08 Å². The first-order valence-electron chi connectivity index (χ1n) is 17.0. The molecule has 352 valence electrons. The fourth-order valence-corrected chi connectivity index (χ4v) is 7.94. The third-order valence-electron chi connectivity index (χ3n) is 8.92. The summed E-state index contributed by atoms with van der Waals surface area (Å²) in [5, 5.41) is 96.4. The van der Waals surface area contributed by atoms with E-state index in [1.54, 1.807) is 4.72 Å². The van der Waals surface area contributed by atoms with E-state index in [2.05, 4.69) is 13.7 Å². The second kappa shape index (κ2) is 19.9. The van der Waals surface area contributed by atoms with E-state index in [1.807, 2.05) is 0 Å². The number of aliphatic hydroxyl groups is 7. The van der Waals surface area contributed by atoms with Crippen molar-refractivity contribution in [3.63, 3.8) is 0 Å². The molecule has 0 aromatic heterocycles. The summed E-state index contributed by atoms with van der Waals surface area (Å²) >= 11 is 0. The summed E-state index contributed by atoms with van der Waals surface area (Å²) in [6, 6.07) is -4.19. The number of carboxylic acids is 2. The molecule has 31 nitrogen and oxygen atoms in total. The van der Waals surface area contributed by atoms with Crippen molar-refractivity contribution in [2.45, 2.75) is 117 Å². The van der Waals surface area contributed by atoms with Crippen molar-refractivity contribution >= 4 is 48.7 Å². The lowest BCUT2D eigenvalue weighted by Gasteiger charge is -2.49. The molecule has 0 spiro atoms. The number of hydrogen-bond acceptors (Lipinski definition) is 25. The standard InChI is InChI=1S/C27H42N2O29S3/c1-6(31)28-11-14(34)17(54-26-13(33)7(32)3-8(52-26)22(37)38)10(5-50-60(44,45)46)53-25(11)56-20-15(35)16(36)27(57-21(20)23(39)40)55-18-9(4-30)51-24(41)12(29-59(2,42)43)19(18)58-61(47,48)49/h3,7,9-21,24-27,29-30,32-36,41H,4-5H2,1-2H3,(H,28,31)(H,37,38)(H,39,40)(H,44,45,46)(H,47,48,49)/t7-,9+,10+,11+,12+,13+,14+,15+,16+,17?,18?,19+,20?,21-,24?,25+,26-,27+/m0/s1. The third kappa shape index (κ3) is 13.1.